The van der Waals surface area contributed by atoms with Gasteiger partial charge in [0, 0.05) is 12.1 Å². The molecule has 0 fully saturated rings. The van der Waals surface area contributed by atoms with Crippen LogP contribution in [-0.2, 0) is 14.9 Å². The number of hydrogen-bond donors (Lipinski definition) is 1. The van der Waals surface area contributed by atoms with Crippen LogP contribution in [0, 0.1) is 21.4 Å². The molecule has 14 heteroatoms. The summed E-state index contributed by atoms with van der Waals surface area (Å²) in [7, 11) is -4.25. The van der Waals surface area contributed by atoms with Gasteiger partial charge in [0.2, 0.25) is 5.75 Å². The Morgan fingerprint density at radius 1 is 1.11 bits per heavy atom. The Hall–Kier alpha value is -3.82. The Kier molecular flexibility index (Phi) is 9.19. The number of rotatable bonds is 9. The molecule has 0 unspecified atom stereocenters. The molecule has 10 nitrogen and oxygen atoms in total. The summed E-state index contributed by atoms with van der Waals surface area (Å²) in [6.45, 7) is 1.77. The Labute approximate surface area is 232 Å². The number of carbonyl (C=O) groups is 1. The van der Waals surface area contributed by atoms with Crippen LogP contribution in [-0.4, -0.2) is 25.9 Å². The van der Waals surface area contributed by atoms with Crippen LogP contribution in [0.5, 0.6) is 11.5 Å². The highest BCUT2D eigenvalue weighted by atomic mass is 35.5. The minimum Gasteiger partial charge on any atom is -0.490 e. The Morgan fingerprint density at radius 2 is 1.74 bits per heavy atom. The molecule has 0 bridgehead atoms. The Bertz CT molecular complexity index is 1560. The molecule has 1 amide bonds. The molecule has 38 heavy (non-hydrogen) atoms. The number of nitrogens with zero attached hydrogens (tertiary/aromatic N) is 2. The molecule has 0 aliphatic carbocycles. The Balaban J connectivity index is 1.95. The fourth-order valence-electron chi connectivity index (χ4n) is 3.04. The van der Waals surface area contributed by atoms with E-state index in [9.17, 15) is 28.6 Å². The molecule has 0 aromatic heterocycles. The zero-order valence-electron chi connectivity index (χ0n) is 19.3. The average Bonchev–Trinajstić information content (AvgIpc) is 2.87. The van der Waals surface area contributed by atoms with Gasteiger partial charge in [-0.05, 0) is 42.8 Å². The number of benzene rings is 3. The van der Waals surface area contributed by atoms with E-state index < -0.39 is 26.5 Å². The van der Waals surface area contributed by atoms with Crippen molar-refractivity contribution in [1.82, 2.24) is 0 Å². The number of nitriles is 1. The van der Waals surface area contributed by atoms with E-state index >= 15 is 0 Å². The summed E-state index contributed by atoms with van der Waals surface area (Å²) in [4.78, 5) is 22.9. The third kappa shape index (κ3) is 6.73. The molecule has 3 rings (SSSR count). The highest BCUT2D eigenvalue weighted by Crippen LogP contribution is 2.39. The predicted molar refractivity (Wildman–Crippen MR) is 142 cm³/mol. The van der Waals surface area contributed by atoms with Gasteiger partial charge in [0.15, 0.2) is 5.75 Å². The van der Waals surface area contributed by atoms with Gasteiger partial charge in [-0.1, -0.05) is 53.0 Å². The van der Waals surface area contributed by atoms with Gasteiger partial charge in [-0.25, -0.2) is 0 Å². The molecular formula is C24H16Cl3N3O7S. The van der Waals surface area contributed by atoms with Crippen LogP contribution in [0.1, 0.15) is 12.5 Å². The quantitative estimate of drug-likeness (QED) is 0.0999. The fourth-order valence-corrected chi connectivity index (χ4v) is 4.89. The molecular weight excluding hydrogens is 581 g/mol. The van der Waals surface area contributed by atoms with Crippen molar-refractivity contribution in [3.8, 4) is 17.6 Å². The highest BCUT2D eigenvalue weighted by molar-refractivity contribution is 7.87. The van der Waals surface area contributed by atoms with Crippen LogP contribution in [0.4, 0.5) is 11.4 Å². The van der Waals surface area contributed by atoms with Crippen LogP contribution >= 0.6 is 34.8 Å². The van der Waals surface area contributed by atoms with Gasteiger partial charge in [-0.3, -0.25) is 14.9 Å². The zero-order valence-corrected chi connectivity index (χ0v) is 22.4. The summed E-state index contributed by atoms with van der Waals surface area (Å²) in [6.07, 6.45) is 1.16. The van der Waals surface area contributed by atoms with E-state index in [1.165, 1.54) is 36.4 Å². The topological polar surface area (TPSA) is 149 Å². The first-order chi connectivity index (χ1) is 18.0. The van der Waals surface area contributed by atoms with Crippen LogP contribution < -0.4 is 14.2 Å². The van der Waals surface area contributed by atoms with Crippen molar-refractivity contribution in [3.05, 3.63) is 90.9 Å². The van der Waals surface area contributed by atoms with Crippen LogP contribution in [0.2, 0.25) is 15.1 Å². The minimum atomic E-state index is -4.25. The van der Waals surface area contributed by atoms with Gasteiger partial charge in [0.1, 0.15) is 16.5 Å². The minimum absolute atomic E-state index is 0.0510. The van der Waals surface area contributed by atoms with Crippen molar-refractivity contribution in [2.45, 2.75) is 11.8 Å². The summed E-state index contributed by atoms with van der Waals surface area (Å²) >= 11 is 18.3. The molecule has 0 atom stereocenters. The van der Waals surface area contributed by atoms with Gasteiger partial charge in [-0.2, -0.15) is 13.7 Å². The molecule has 1 N–H and O–H groups in total. The summed E-state index contributed by atoms with van der Waals surface area (Å²) < 4.78 is 36.1. The average molecular weight is 597 g/mol. The van der Waals surface area contributed by atoms with E-state index in [1.54, 1.807) is 19.1 Å². The van der Waals surface area contributed by atoms with Crippen molar-refractivity contribution in [2.24, 2.45) is 0 Å². The van der Waals surface area contributed by atoms with Crippen molar-refractivity contribution in [2.75, 3.05) is 11.9 Å². The second-order valence-corrected chi connectivity index (χ2v) is 10.0. The predicted octanol–water partition coefficient (Wildman–Crippen LogP) is 6.27. The maximum atomic E-state index is 12.8. The second kappa shape index (κ2) is 12.1. The smallest absolute Gasteiger partial charge is 0.339 e. The van der Waals surface area contributed by atoms with Gasteiger partial charge >= 0.3 is 10.1 Å². The molecule has 0 radical (unpaired) electrons. The Morgan fingerprint density at radius 3 is 2.29 bits per heavy atom. The number of nitrogens with one attached hydrogen (secondary N) is 1. The van der Waals surface area contributed by atoms with Crippen LogP contribution in [0.3, 0.4) is 0 Å². The lowest BCUT2D eigenvalue weighted by atomic mass is 10.1. The molecule has 0 heterocycles. The number of halogens is 3. The van der Waals surface area contributed by atoms with Crippen LogP contribution in [0.15, 0.2) is 65.1 Å². The third-order valence-corrected chi connectivity index (χ3v) is 6.82. The monoisotopic (exact) mass is 595 g/mol. The number of anilines is 1. The molecule has 196 valence electrons. The molecule has 0 aliphatic heterocycles. The molecule has 0 saturated heterocycles. The van der Waals surface area contributed by atoms with E-state index in [4.69, 9.17) is 43.7 Å². The van der Waals surface area contributed by atoms with Crippen molar-refractivity contribution in [1.29, 1.82) is 5.26 Å². The van der Waals surface area contributed by atoms with Gasteiger partial charge < -0.3 is 14.2 Å². The number of hydrogen-bond acceptors (Lipinski definition) is 8. The van der Waals surface area contributed by atoms with E-state index in [1.807, 2.05) is 0 Å². The van der Waals surface area contributed by atoms with Crippen molar-refractivity contribution in [3.63, 3.8) is 0 Å². The first-order valence-corrected chi connectivity index (χ1v) is 13.0. The number of amides is 1. The summed E-state index contributed by atoms with van der Waals surface area (Å²) in [5.74, 6) is -1.25. The number of carbonyl (C=O) groups excluding carboxylic acids is 1. The van der Waals surface area contributed by atoms with E-state index in [0.29, 0.717) is 0 Å². The lowest BCUT2D eigenvalue weighted by molar-refractivity contribution is -0.384. The van der Waals surface area contributed by atoms with Gasteiger partial charge in [-0.15, -0.1) is 0 Å². The first kappa shape index (κ1) is 28.7. The van der Waals surface area contributed by atoms with Crippen molar-refractivity contribution < 1.29 is 27.1 Å². The number of nitro benzene ring substituents is 1. The standard InChI is InChI=1S/C24H16Cl3N3O7S/c1-2-36-21-10-14(9-20(27)23(21)37-38(34,35)17-6-4-3-5-7-17)8-15(13-28)24(31)29-22-18(25)11-16(30(32)33)12-19(22)26/h3-12H,2H2,1H3,(H,29,31)/b15-8+. The number of non-ortho nitro benzene ring substituents is 1. The summed E-state index contributed by atoms with van der Waals surface area (Å²) in [5, 5.41) is 22.3. The number of ether oxygens (including phenoxy) is 1. The summed E-state index contributed by atoms with van der Waals surface area (Å²) in [6, 6.07) is 13.7. The lowest BCUT2D eigenvalue weighted by Crippen LogP contribution is -2.14. The SMILES string of the molecule is CCOc1cc(/C=C(\C#N)C(=O)Nc2c(Cl)cc([N+](=O)[O-])cc2Cl)cc(Cl)c1OS(=O)(=O)c1ccccc1. The lowest BCUT2D eigenvalue weighted by Gasteiger charge is -2.14. The summed E-state index contributed by atoms with van der Waals surface area (Å²) in [5.41, 5.74) is -0.730. The fraction of sp³-hybridized carbons (Fsp3) is 0.0833. The van der Waals surface area contributed by atoms with E-state index in [-0.39, 0.29) is 55.0 Å². The highest BCUT2D eigenvalue weighted by Gasteiger charge is 2.23. The van der Waals surface area contributed by atoms with E-state index in [0.717, 1.165) is 18.2 Å². The van der Waals surface area contributed by atoms with Gasteiger partial charge in [0.25, 0.3) is 11.6 Å². The maximum absolute atomic E-state index is 12.8. The largest absolute Gasteiger partial charge is 0.490 e. The van der Waals surface area contributed by atoms with Gasteiger partial charge in [0.05, 0.1) is 32.3 Å². The molecule has 0 aliphatic rings. The van der Waals surface area contributed by atoms with Crippen molar-refractivity contribution >= 4 is 68.3 Å². The zero-order chi connectivity index (χ0) is 28.0. The molecule has 0 spiro atoms. The molecule has 3 aromatic rings. The number of nitro groups is 1. The first-order valence-electron chi connectivity index (χ1n) is 10.5. The van der Waals surface area contributed by atoms with Crippen LogP contribution in [0.25, 0.3) is 6.08 Å². The third-order valence-electron chi connectivity index (χ3n) is 4.71. The van der Waals surface area contributed by atoms with E-state index in [2.05, 4.69) is 5.32 Å². The molecule has 3 aromatic carbocycles. The maximum Gasteiger partial charge on any atom is 0.339 e. The normalized spacial score (nSPS) is 11.4. The molecule has 0 saturated carbocycles. The second-order valence-electron chi connectivity index (χ2n) is 7.28.